The summed E-state index contributed by atoms with van der Waals surface area (Å²) in [5, 5.41) is 0. The van der Waals surface area contributed by atoms with E-state index < -0.39 is 0 Å². The fraction of sp³-hybridized carbons (Fsp3) is 0.529. The second-order valence-corrected chi connectivity index (χ2v) is 6.20. The van der Waals surface area contributed by atoms with Gasteiger partial charge in [-0.15, -0.1) is 0 Å². The van der Waals surface area contributed by atoms with Gasteiger partial charge < -0.3 is 10.5 Å². The minimum absolute atomic E-state index is 0.107. The standard InChI is InChI=1S/C17H25NO3S/c1-3-21-17(20)14(10-11-22-2)12-16(19)9-6-13-4-7-15(18)8-5-13/h4-5,7-8,14H,3,6,9-12,18H2,1-2H3. The van der Waals surface area contributed by atoms with Crippen LogP contribution >= 0.6 is 11.8 Å². The second kappa shape index (κ2) is 10.3. The van der Waals surface area contributed by atoms with E-state index >= 15 is 0 Å². The SMILES string of the molecule is CCOC(=O)C(CCSC)CC(=O)CCc1ccc(N)cc1. The van der Waals surface area contributed by atoms with Gasteiger partial charge in [-0.1, -0.05) is 12.1 Å². The molecule has 0 saturated carbocycles. The van der Waals surface area contributed by atoms with Crippen LogP contribution in [0.5, 0.6) is 0 Å². The highest BCUT2D eigenvalue weighted by molar-refractivity contribution is 7.98. The van der Waals surface area contributed by atoms with Gasteiger partial charge in [0.15, 0.2) is 0 Å². The molecule has 1 rings (SSSR count). The Morgan fingerprint density at radius 3 is 2.55 bits per heavy atom. The molecule has 0 bridgehead atoms. The number of Topliss-reactive ketones (excluding diaryl/α,β-unsaturated/α-hetero) is 1. The number of hydrogen-bond acceptors (Lipinski definition) is 5. The van der Waals surface area contributed by atoms with Crippen LogP contribution in [0, 0.1) is 5.92 Å². The minimum atomic E-state index is -0.314. The van der Waals surface area contributed by atoms with Gasteiger partial charge >= 0.3 is 5.97 Å². The van der Waals surface area contributed by atoms with Crippen LogP contribution in [0.1, 0.15) is 31.7 Å². The second-order valence-electron chi connectivity index (χ2n) is 5.21. The molecule has 0 fully saturated rings. The molecule has 0 radical (unpaired) electrons. The first-order valence-electron chi connectivity index (χ1n) is 7.58. The lowest BCUT2D eigenvalue weighted by atomic mass is 9.96. The lowest BCUT2D eigenvalue weighted by Gasteiger charge is -2.14. The molecule has 0 aliphatic heterocycles. The number of nitrogens with two attached hydrogens (primary N) is 1. The molecule has 0 spiro atoms. The number of ketones is 1. The Kier molecular flexibility index (Phi) is 8.67. The van der Waals surface area contributed by atoms with Gasteiger partial charge in [0.05, 0.1) is 12.5 Å². The van der Waals surface area contributed by atoms with Crippen LogP contribution < -0.4 is 5.73 Å². The Balaban J connectivity index is 2.47. The molecular formula is C17H25NO3S. The first-order chi connectivity index (χ1) is 10.6. The molecule has 0 aliphatic rings. The quantitative estimate of drug-likeness (QED) is 0.529. The van der Waals surface area contributed by atoms with Crippen LogP contribution in [0.15, 0.2) is 24.3 Å². The monoisotopic (exact) mass is 323 g/mol. The van der Waals surface area contributed by atoms with Gasteiger partial charge in [-0.25, -0.2) is 0 Å². The summed E-state index contributed by atoms with van der Waals surface area (Å²) < 4.78 is 5.06. The largest absolute Gasteiger partial charge is 0.466 e. The highest BCUT2D eigenvalue weighted by atomic mass is 32.2. The summed E-state index contributed by atoms with van der Waals surface area (Å²) in [6.07, 6.45) is 4.07. The molecule has 2 N–H and O–H groups in total. The van der Waals surface area contributed by atoms with Gasteiger partial charge in [0.25, 0.3) is 0 Å². The van der Waals surface area contributed by atoms with E-state index in [1.165, 1.54) is 0 Å². The van der Waals surface area contributed by atoms with Gasteiger partial charge in [0.2, 0.25) is 0 Å². The molecule has 1 unspecified atom stereocenters. The lowest BCUT2D eigenvalue weighted by Crippen LogP contribution is -2.22. The van der Waals surface area contributed by atoms with Gasteiger partial charge in [-0.05, 0) is 49.5 Å². The highest BCUT2D eigenvalue weighted by Gasteiger charge is 2.22. The Morgan fingerprint density at radius 1 is 1.27 bits per heavy atom. The fourth-order valence-electron chi connectivity index (χ4n) is 2.17. The molecule has 5 heteroatoms. The zero-order chi connectivity index (χ0) is 16.4. The summed E-state index contributed by atoms with van der Waals surface area (Å²) >= 11 is 1.67. The van der Waals surface area contributed by atoms with Crippen molar-refractivity contribution in [2.24, 2.45) is 5.92 Å². The summed E-state index contributed by atoms with van der Waals surface area (Å²) in [5.74, 6) is 0.397. The topological polar surface area (TPSA) is 69.4 Å². The van der Waals surface area contributed by atoms with E-state index in [9.17, 15) is 9.59 Å². The number of thioether (sulfide) groups is 1. The summed E-state index contributed by atoms with van der Waals surface area (Å²) in [6, 6.07) is 7.53. The predicted molar refractivity (Wildman–Crippen MR) is 91.9 cm³/mol. The molecule has 0 aromatic heterocycles. The average Bonchev–Trinajstić information content (AvgIpc) is 2.51. The molecule has 1 atom stereocenters. The van der Waals surface area contributed by atoms with Crippen molar-refractivity contribution < 1.29 is 14.3 Å². The van der Waals surface area contributed by atoms with E-state index in [1.807, 2.05) is 30.5 Å². The molecule has 1 aromatic rings. The maximum Gasteiger partial charge on any atom is 0.309 e. The highest BCUT2D eigenvalue weighted by Crippen LogP contribution is 2.17. The third-order valence-corrected chi connectivity index (χ3v) is 4.08. The number of rotatable bonds is 10. The molecule has 0 aliphatic carbocycles. The number of ether oxygens (including phenoxy) is 1. The zero-order valence-corrected chi connectivity index (χ0v) is 14.2. The zero-order valence-electron chi connectivity index (χ0n) is 13.3. The van der Waals surface area contributed by atoms with Crippen molar-refractivity contribution in [3.8, 4) is 0 Å². The number of aryl methyl sites for hydroxylation is 1. The first-order valence-corrected chi connectivity index (χ1v) is 8.97. The molecule has 4 nitrogen and oxygen atoms in total. The minimum Gasteiger partial charge on any atom is -0.466 e. The maximum absolute atomic E-state index is 12.1. The molecule has 122 valence electrons. The van der Waals surface area contributed by atoms with E-state index in [-0.39, 0.29) is 24.1 Å². The summed E-state index contributed by atoms with van der Waals surface area (Å²) in [4.78, 5) is 24.0. The number of nitrogen functional groups attached to an aromatic ring is 1. The summed E-state index contributed by atoms with van der Waals surface area (Å²) in [5.41, 5.74) is 7.44. The predicted octanol–water partition coefficient (Wildman–Crippen LogP) is 3.09. The number of benzene rings is 1. The summed E-state index contributed by atoms with van der Waals surface area (Å²) in [6.45, 7) is 2.14. The Morgan fingerprint density at radius 2 is 1.95 bits per heavy atom. The van der Waals surface area contributed by atoms with Crippen molar-refractivity contribution in [2.45, 2.75) is 32.6 Å². The van der Waals surface area contributed by atoms with Gasteiger partial charge in [0, 0.05) is 18.5 Å². The molecule has 0 amide bonds. The third-order valence-electron chi connectivity index (χ3n) is 3.44. The van der Waals surface area contributed by atoms with Crippen molar-refractivity contribution in [2.75, 3.05) is 24.3 Å². The Hall–Kier alpha value is -1.49. The fourth-order valence-corrected chi connectivity index (χ4v) is 2.69. The number of carbonyl (C=O) groups excluding carboxylic acids is 2. The van der Waals surface area contributed by atoms with Gasteiger partial charge in [-0.3, -0.25) is 9.59 Å². The lowest BCUT2D eigenvalue weighted by molar-refractivity contribution is -0.149. The summed E-state index contributed by atoms with van der Waals surface area (Å²) in [7, 11) is 0. The maximum atomic E-state index is 12.1. The Labute approximate surface area is 136 Å². The molecular weight excluding hydrogens is 298 g/mol. The number of esters is 1. The van der Waals surface area contributed by atoms with E-state index in [2.05, 4.69) is 0 Å². The number of anilines is 1. The van der Waals surface area contributed by atoms with Crippen LogP contribution in [0.25, 0.3) is 0 Å². The normalized spacial score (nSPS) is 11.9. The van der Waals surface area contributed by atoms with Crippen LogP contribution in [-0.2, 0) is 20.7 Å². The van der Waals surface area contributed by atoms with Gasteiger partial charge in [-0.2, -0.15) is 11.8 Å². The van der Waals surface area contributed by atoms with E-state index in [1.54, 1.807) is 18.7 Å². The van der Waals surface area contributed by atoms with E-state index in [4.69, 9.17) is 10.5 Å². The van der Waals surface area contributed by atoms with Crippen molar-refractivity contribution in [1.29, 1.82) is 0 Å². The van der Waals surface area contributed by atoms with E-state index in [0.717, 1.165) is 17.0 Å². The van der Waals surface area contributed by atoms with E-state index in [0.29, 0.717) is 25.9 Å². The average molecular weight is 323 g/mol. The van der Waals surface area contributed by atoms with Crippen molar-refractivity contribution >= 4 is 29.2 Å². The van der Waals surface area contributed by atoms with Crippen LogP contribution in [-0.4, -0.2) is 30.4 Å². The molecule has 22 heavy (non-hydrogen) atoms. The third kappa shape index (κ3) is 6.98. The molecule has 0 saturated heterocycles. The number of hydrogen-bond donors (Lipinski definition) is 1. The first kappa shape index (κ1) is 18.6. The van der Waals surface area contributed by atoms with Crippen LogP contribution in [0.2, 0.25) is 0 Å². The van der Waals surface area contributed by atoms with Crippen molar-refractivity contribution in [3.05, 3.63) is 29.8 Å². The van der Waals surface area contributed by atoms with Crippen LogP contribution in [0.4, 0.5) is 5.69 Å². The molecule has 0 heterocycles. The smallest absolute Gasteiger partial charge is 0.309 e. The molecule has 1 aromatic carbocycles. The van der Waals surface area contributed by atoms with Crippen molar-refractivity contribution in [3.63, 3.8) is 0 Å². The van der Waals surface area contributed by atoms with Gasteiger partial charge in [0.1, 0.15) is 5.78 Å². The van der Waals surface area contributed by atoms with Crippen LogP contribution in [0.3, 0.4) is 0 Å². The van der Waals surface area contributed by atoms with Crippen molar-refractivity contribution in [1.82, 2.24) is 0 Å². The number of carbonyl (C=O) groups is 2. The Bertz CT molecular complexity index is 473.